The molecule has 1 amide bonds. The van der Waals surface area contributed by atoms with Gasteiger partial charge in [0, 0.05) is 6.54 Å². The summed E-state index contributed by atoms with van der Waals surface area (Å²) in [5.74, 6) is 0.640. The van der Waals surface area contributed by atoms with Gasteiger partial charge < -0.3 is 4.90 Å². The molecule has 1 aliphatic rings. The molecule has 0 spiro atoms. The number of aryl methyl sites for hydroxylation is 1. The average molecular weight is 288 g/mol. The van der Waals surface area contributed by atoms with Gasteiger partial charge in [-0.25, -0.2) is 0 Å². The van der Waals surface area contributed by atoms with Crippen LogP contribution < -0.4 is 5.32 Å². The Morgan fingerprint density at radius 2 is 2.10 bits per heavy atom. The lowest BCUT2D eigenvalue weighted by Gasteiger charge is -2.24. The third-order valence-corrected chi connectivity index (χ3v) is 4.52. The first-order valence-electron chi connectivity index (χ1n) is 8.21. The van der Waals surface area contributed by atoms with Crippen molar-refractivity contribution in [1.82, 2.24) is 10.2 Å². The maximum Gasteiger partial charge on any atom is 0.241 e. The van der Waals surface area contributed by atoms with E-state index in [1.54, 1.807) is 0 Å². The van der Waals surface area contributed by atoms with Crippen molar-refractivity contribution in [2.75, 3.05) is 6.54 Å². The van der Waals surface area contributed by atoms with Crippen LogP contribution in [0.1, 0.15) is 57.3 Å². The minimum Gasteiger partial charge on any atom is -0.322 e. The number of hydrogen-bond donors (Lipinski definition) is 1. The van der Waals surface area contributed by atoms with Crippen LogP contribution in [0.4, 0.5) is 0 Å². The Labute approximate surface area is 128 Å². The van der Waals surface area contributed by atoms with Gasteiger partial charge in [-0.05, 0) is 24.8 Å². The lowest BCUT2D eigenvalue weighted by molar-refractivity contribution is -0.131. The molecule has 0 bridgehead atoms. The van der Waals surface area contributed by atoms with Gasteiger partial charge in [-0.1, -0.05) is 63.4 Å². The van der Waals surface area contributed by atoms with Crippen molar-refractivity contribution in [3.05, 3.63) is 35.4 Å². The van der Waals surface area contributed by atoms with Gasteiger partial charge in [0.25, 0.3) is 0 Å². The summed E-state index contributed by atoms with van der Waals surface area (Å²) >= 11 is 0. The van der Waals surface area contributed by atoms with E-state index in [2.05, 4.69) is 57.3 Å². The predicted molar refractivity (Wildman–Crippen MR) is 86.9 cm³/mol. The van der Waals surface area contributed by atoms with Crippen molar-refractivity contribution >= 4 is 5.91 Å². The predicted octanol–water partition coefficient (Wildman–Crippen LogP) is 3.64. The van der Waals surface area contributed by atoms with E-state index in [9.17, 15) is 4.79 Å². The standard InChI is InChI=1S/C18H28N2O/c1-5-7-11-20-17(15-10-8-9-13(3)12-15)19-16(18(20)21)14(4)6-2/h8-10,12,14,16-17,19H,5-7,11H2,1-4H3. The fourth-order valence-electron chi connectivity index (χ4n) is 2.96. The Balaban J connectivity index is 2.26. The Morgan fingerprint density at radius 3 is 2.71 bits per heavy atom. The van der Waals surface area contributed by atoms with Gasteiger partial charge in [-0.3, -0.25) is 10.1 Å². The second-order valence-electron chi connectivity index (χ2n) is 6.23. The van der Waals surface area contributed by atoms with Gasteiger partial charge in [-0.15, -0.1) is 0 Å². The van der Waals surface area contributed by atoms with Crippen molar-refractivity contribution in [3.63, 3.8) is 0 Å². The van der Waals surface area contributed by atoms with Gasteiger partial charge in [0.2, 0.25) is 5.91 Å². The summed E-state index contributed by atoms with van der Waals surface area (Å²) in [5.41, 5.74) is 2.44. The lowest BCUT2D eigenvalue weighted by atomic mass is 9.99. The molecule has 1 aromatic carbocycles. The van der Waals surface area contributed by atoms with Crippen molar-refractivity contribution in [1.29, 1.82) is 0 Å². The zero-order valence-electron chi connectivity index (χ0n) is 13.7. The van der Waals surface area contributed by atoms with E-state index in [4.69, 9.17) is 0 Å². The molecule has 1 saturated heterocycles. The van der Waals surface area contributed by atoms with Crippen molar-refractivity contribution < 1.29 is 4.79 Å². The zero-order chi connectivity index (χ0) is 15.4. The molecule has 0 saturated carbocycles. The maximum atomic E-state index is 12.7. The molecular weight excluding hydrogens is 260 g/mol. The van der Waals surface area contributed by atoms with Crippen LogP contribution in [0.3, 0.4) is 0 Å². The quantitative estimate of drug-likeness (QED) is 0.866. The molecule has 1 heterocycles. The summed E-state index contributed by atoms with van der Waals surface area (Å²) in [5, 5.41) is 3.57. The number of amides is 1. The van der Waals surface area contributed by atoms with E-state index in [1.165, 1.54) is 11.1 Å². The van der Waals surface area contributed by atoms with Gasteiger partial charge in [0.1, 0.15) is 6.17 Å². The van der Waals surface area contributed by atoms with E-state index >= 15 is 0 Å². The summed E-state index contributed by atoms with van der Waals surface area (Å²) < 4.78 is 0. The lowest BCUT2D eigenvalue weighted by Crippen LogP contribution is -2.35. The number of unbranched alkanes of at least 4 members (excludes halogenated alkanes) is 1. The van der Waals surface area contributed by atoms with Gasteiger partial charge >= 0.3 is 0 Å². The van der Waals surface area contributed by atoms with E-state index in [1.807, 2.05) is 4.90 Å². The van der Waals surface area contributed by atoms with E-state index in [0.717, 1.165) is 25.8 Å². The average Bonchev–Trinajstić information content (AvgIpc) is 2.81. The topological polar surface area (TPSA) is 32.3 Å². The van der Waals surface area contributed by atoms with E-state index < -0.39 is 0 Å². The molecule has 1 aliphatic heterocycles. The number of carbonyl (C=O) groups is 1. The molecule has 2 rings (SSSR count). The Hall–Kier alpha value is -1.35. The minimum atomic E-state index is -0.0441. The Morgan fingerprint density at radius 1 is 1.33 bits per heavy atom. The van der Waals surface area contributed by atoms with Crippen LogP contribution in [0.2, 0.25) is 0 Å². The number of nitrogens with zero attached hydrogens (tertiary/aromatic N) is 1. The first-order valence-corrected chi connectivity index (χ1v) is 8.21. The molecule has 0 aliphatic carbocycles. The van der Waals surface area contributed by atoms with Crippen LogP contribution in [-0.4, -0.2) is 23.4 Å². The number of nitrogens with one attached hydrogen (secondary N) is 1. The fourth-order valence-corrected chi connectivity index (χ4v) is 2.96. The summed E-state index contributed by atoms with van der Waals surface area (Å²) in [7, 11) is 0. The van der Waals surface area contributed by atoms with Gasteiger partial charge in [0.05, 0.1) is 6.04 Å². The highest BCUT2D eigenvalue weighted by molar-refractivity contribution is 5.84. The highest BCUT2D eigenvalue weighted by Gasteiger charge is 2.41. The van der Waals surface area contributed by atoms with Crippen LogP contribution in [-0.2, 0) is 4.79 Å². The van der Waals surface area contributed by atoms with E-state index in [0.29, 0.717) is 5.92 Å². The fraction of sp³-hybridized carbons (Fsp3) is 0.611. The highest BCUT2D eigenvalue weighted by atomic mass is 16.2. The smallest absolute Gasteiger partial charge is 0.241 e. The van der Waals surface area contributed by atoms with Gasteiger partial charge in [-0.2, -0.15) is 0 Å². The number of hydrogen-bond acceptors (Lipinski definition) is 2. The first-order chi connectivity index (χ1) is 10.1. The summed E-state index contributed by atoms with van der Waals surface area (Å²) in [6.07, 6.45) is 3.22. The number of benzene rings is 1. The molecule has 116 valence electrons. The minimum absolute atomic E-state index is 0.0305. The number of rotatable bonds is 6. The summed E-state index contributed by atoms with van der Waals surface area (Å²) in [6, 6.07) is 8.44. The van der Waals surface area contributed by atoms with Crippen LogP contribution in [0, 0.1) is 12.8 Å². The van der Waals surface area contributed by atoms with Crippen molar-refractivity contribution in [2.45, 2.75) is 59.2 Å². The molecule has 0 radical (unpaired) electrons. The van der Waals surface area contributed by atoms with Crippen molar-refractivity contribution in [2.24, 2.45) is 5.92 Å². The third-order valence-electron chi connectivity index (χ3n) is 4.52. The molecule has 21 heavy (non-hydrogen) atoms. The third kappa shape index (κ3) is 3.46. The molecule has 3 nitrogen and oxygen atoms in total. The Kier molecular flexibility index (Phi) is 5.40. The molecule has 3 heteroatoms. The van der Waals surface area contributed by atoms with Crippen LogP contribution >= 0.6 is 0 Å². The molecular formula is C18H28N2O. The van der Waals surface area contributed by atoms with Crippen LogP contribution in [0.5, 0.6) is 0 Å². The molecule has 1 N–H and O–H groups in total. The highest BCUT2D eigenvalue weighted by Crippen LogP contribution is 2.29. The zero-order valence-corrected chi connectivity index (χ0v) is 13.7. The molecule has 3 unspecified atom stereocenters. The van der Waals surface area contributed by atoms with Crippen LogP contribution in [0.25, 0.3) is 0 Å². The first kappa shape index (κ1) is 16.0. The molecule has 0 aromatic heterocycles. The second-order valence-corrected chi connectivity index (χ2v) is 6.23. The van der Waals surface area contributed by atoms with Crippen molar-refractivity contribution in [3.8, 4) is 0 Å². The largest absolute Gasteiger partial charge is 0.322 e. The second kappa shape index (κ2) is 7.08. The molecule has 1 fully saturated rings. The molecule has 1 aromatic rings. The van der Waals surface area contributed by atoms with Crippen LogP contribution in [0.15, 0.2) is 24.3 Å². The SMILES string of the molecule is CCCCN1C(=O)C(C(C)CC)NC1c1cccc(C)c1. The van der Waals surface area contributed by atoms with Gasteiger partial charge in [0.15, 0.2) is 0 Å². The van der Waals surface area contributed by atoms with E-state index in [-0.39, 0.29) is 18.1 Å². The monoisotopic (exact) mass is 288 g/mol. The number of carbonyl (C=O) groups excluding carboxylic acids is 1. The Bertz CT molecular complexity index is 486. The summed E-state index contributed by atoms with van der Waals surface area (Å²) in [4.78, 5) is 14.8. The molecule has 3 atom stereocenters. The normalized spacial score (nSPS) is 23.6. The summed E-state index contributed by atoms with van der Waals surface area (Å²) in [6.45, 7) is 9.42. The maximum absolute atomic E-state index is 12.7.